The minimum absolute atomic E-state index is 0.0680. The minimum Gasteiger partial charge on any atom is -0.352 e. The van der Waals surface area contributed by atoms with Gasteiger partial charge in [0, 0.05) is 6.04 Å². The number of amides is 3. The van der Waals surface area contributed by atoms with Gasteiger partial charge in [-0.3, -0.25) is 19.3 Å². The highest BCUT2D eigenvalue weighted by molar-refractivity contribution is 6.43. The molecule has 0 spiro atoms. The van der Waals surface area contributed by atoms with Crippen LogP contribution >= 0.6 is 23.2 Å². The number of imide groups is 1. The molecule has 5 nitrogen and oxygen atoms in total. The molecular weight excluding hydrogens is 303 g/mol. The molecule has 0 atom stereocenters. The Hall–Kier alpha value is -1.59. The summed E-state index contributed by atoms with van der Waals surface area (Å²) >= 11 is 11.7. The molecule has 106 valence electrons. The van der Waals surface area contributed by atoms with Crippen LogP contribution in [0.4, 0.5) is 0 Å². The number of hydrogen-bond acceptors (Lipinski definition) is 3. The Bertz CT molecular complexity index is 573. The zero-order chi connectivity index (χ0) is 15.0. The molecule has 1 aromatic rings. The molecule has 1 heterocycles. The third-order valence-corrected chi connectivity index (χ3v) is 3.49. The normalized spacial score (nSPS) is 13.9. The molecule has 20 heavy (non-hydrogen) atoms. The van der Waals surface area contributed by atoms with Crippen LogP contribution in [0.3, 0.4) is 0 Å². The first-order valence-corrected chi connectivity index (χ1v) is 6.71. The van der Waals surface area contributed by atoms with E-state index in [-0.39, 0.29) is 33.8 Å². The number of benzene rings is 1. The number of nitrogens with zero attached hydrogens (tertiary/aromatic N) is 1. The largest absolute Gasteiger partial charge is 0.352 e. The summed E-state index contributed by atoms with van der Waals surface area (Å²) in [6.07, 6.45) is 0. The SMILES string of the molecule is CC(C)NC(=O)CN1C(=O)c2cc(Cl)c(Cl)cc2C1=O. The number of carbonyl (C=O) groups excluding carboxylic acids is 3. The minimum atomic E-state index is -0.539. The molecule has 0 saturated heterocycles. The van der Waals surface area contributed by atoms with Gasteiger partial charge in [-0.1, -0.05) is 23.2 Å². The number of fused-ring (bicyclic) bond motifs is 1. The van der Waals surface area contributed by atoms with Gasteiger partial charge in [0.05, 0.1) is 21.2 Å². The highest BCUT2D eigenvalue weighted by Crippen LogP contribution is 2.31. The molecule has 7 heteroatoms. The van der Waals surface area contributed by atoms with Crippen LogP contribution in [-0.4, -0.2) is 35.2 Å². The van der Waals surface area contributed by atoms with Gasteiger partial charge in [-0.2, -0.15) is 0 Å². The van der Waals surface area contributed by atoms with Crippen molar-refractivity contribution in [3.63, 3.8) is 0 Å². The summed E-state index contributed by atoms with van der Waals surface area (Å²) in [5.41, 5.74) is 0.337. The quantitative estimate of drug-likeness (QED) is 0.869. The third-order valence-electron chi connectivity index (χ3n) is 2.76. The molecule has 0 fully saturated rings. The number of hydrogen-bond donors (Lipinski definition) is 1. The Morgan fingerprint density at radius 1 is 1.15 bits per heavy atom. The summed E-state index contributed by atoms with van der Waals surface area (Å²) in [7, 11) is 0. The maximum atomic E-state index is 12.1. The van der Waals surface area contributed by atoms with Gasteiger partial charge >= 0.3 is 0 Å². The molecule has 1 aliphatic heterocycles. The van der Waals surface area contributed by atoms with Crippen molar-refractivity contribution in [2.45, 2.75) is 19.9 Å². The smallest absolute Gasteiger partial charge is 0.262 e. The average molecular weight is 315 g/mol. The maximum Gasteiger partial charge on any atom is 0.262 e. The molecule has 2 rings (SSSR count). The summed E-state index contributed by atoms with van der Waals surface area (Å²) in [6.45, 7) is 3.26. The summed E-state index contributed by atoms with van der Waals surface area (Å²) in [5, 5.41) is 3.01. The fourth-order valence-electron chi connectivity index (χ4n) is 1.94. The van der Waals surface area contributed by atoms with Crippen molar-refractivity contribution in [1.82, 2.24) is 10.2 Å². The highest BCUT2D eigenvalue weighted by atomic mass is 35.5. The van der Waals surface area contributed by atoms with Crippen molar-refractivity contribution >= 4 is 40.9 Å². The van der Waals surface area contributed by atoms with Crippen LogP contribution in [0.25, 0.3) is 0 Å². The Morgan fingerprint density at radius 3 is 2.00 bits per heavy atom. The monoisotopic (exact) mass is 314 g/mol. The van der Waals surface area contributed by atoms with Gasteiger partial charge in [-0.25, -0.2) is 0 Å². The first-order chi connectivity index (χ1) is 9.31. The number of halogens is 2. The van der Waals surface area contributed by atoms with Crippen molar-refractivity contribution in [2.24, 2.45) is 0 Å². The van der Waals surface area contributed by atoms with Gasteiger partial charge in [0.15, 0.2) is 0 Å². The van der Waals surface area contributed by atoms with E-state index in [0.717, 1.165) is 4.90 Å². The lowest BCUT2D eigenvalue weighted by molar-refractivity contribution is -0.121. The molecule has 0 bridgehead atoms. The zero-order valence-corrected chi connectivity index (χ0v) is 12.4. The fraction of sp³-hybridized carbons (Fsp3) is 0.308. The average Bonchev–Trinajstić information content (AvgIpc) is 2.55. The van der Waals surface area contributed by atoms with Crippen LogP contribution in [0.15, 0.2) is 12.1 Å². The van der Waals surface area contributed by atoms with E-state index in [2.05, 4.69) is 5.32 Å². The van der Waals surface area contributed by atoms with E-state index in [0.29, 0.717) is 0 Å². The van der Waals surface area contributed by atoms with E-state index in [1.54, 1.807) is 13.8 Å². The van der Waals surface area contributed by atoms with Gasteiger partial charge < -0.3 is 5.32 Å². The Labute approximate surface area is 125 Å². The number of nitrogens with one attached hydrogen (secondary N) is 1. The lowest BCUT2D eigenvalue weighted by Crippen LogP contribution is -2.42. The van der Waals surface area contributed by atoms with Crippen LogP contribution in [-0.2, 0) is 4.79 Å². The van der Waals surface area contributed by atoms with Gasteiger partial charge in [0.25, 0.3) is 11.8 Å². The third kappa shape index (κ3) is 2.64. The first-order valence-electron chi connectivity index (χ1n) is 5.96. The molecule has 0 saturated carbocycles. The second-order valence-electron chi connectivity index (χ2n) is 4.73. The number of rotatable bonds is 3. The van der Waals surface area contributed by atoms with E-state index < -0.39 is 17.7 Å². The predicted octanol–water partition coefficient (Wildman–Crippen LogP) is 2.11. The van der Waals surface area contributed by atoms with Crippen molar-refractivity contribution in [3.8, 4) is 0 Å². The second kappa shape index (κ2) is 5.42. The Kier molecular flexibility index (Phi) is 4.01. The summed E-state index contributed by atoms with van der Waals surface area (Å²) in [6, 6.07) is 2.63. The Balaban J connectivity index is 2.26. The van der Waals surface area contributed by atoms with E-state index in [9.17, 15) is 14.4 Å². The molecule has 0 unspecified atom stereocenters. The lowest BCUT2D eigenvalue weighted by atomic mass is 10.1. The zero-order valence-electron chi connectivity index (χ0n) is 10.9. The summed E-state index contributed by atoms with van der Waals surface area (Å²) in [4.78, 5) is 36.8. The molecule has 0 aliphatic carbocycles. The van der Waals surface area contributed by atoms with Gasteiger partial charge in [0.1, 0.15) is 6.54 Å². The van der Waals surface area contributed by atoms with Crippen LogP contribution in [0, 0.1) is 0 Å². The van der Waals surface area contributed by atoms with Crippen LogP contribution < -0.4 is 5.32 Å². The van der Waals surface area contributed by atoms with Crippen LogP contribution in [0.2, 0.25) is 10.0 Å². The second-order valence-corrected chi connectivity index (χ2v) is 5.54. The maximum absolute atomic E-state index is 12.1. The molecule has 1 aromatic carbocycles. The lowest BCUT2D eigenvalue weighted by Gasteiger charge is -2.14. The van der Waals surface area contributed by atoms with Gasteiger partial charge in [-0.05, 0) is 26.0 Å². The molecule has 0 radical (unpaired) electrons. The molecule has 1 N–H and O–H groups in total. The van der Waals surface area contributed by atoms with E-state index in [4.69, 9.17) is 23.2 Å². The van der Waals surface area contributed by atoms with Crippen molar-refractivity contribution in [3.05, 3.63) is 33.3 Å². The molecule has 3 amide bonds. The van der Waals surface area contributed by atoms with Crippen LogP contribution in [0.5, 0.6) is 0 Å². The van der Waals surface area contributed by atoms with E-state index >= 15 is 0 Å². The Morgan fingerprint density at radius 2 is 1.60 bits per heavy atom. The summed E-state index contributed by atoms with van der Waals surface area (Å²) in [5.74, 6) is -1.48. The van der Waals surface area contributed by atoms with E-state index in [1.165, 1.54) is 12.1 Å². The predicted molar refractivity (Wildman–Crippen MR) is 75.1 cm³/mol. The molecular formula is C13H12Cl2N2O3. The van der Waals surface area contributed by atoms with Gasteiger partial charge in [0.2, 0.25) is 5.91 Å². The van der Waals surface area contributed by atoms with Gasteiger partial charge in [-0.15, -0.1) is 0 Å². The fourth-order valence-corrected chi connectivity index (χ4v) is 2.27. The number of carbonyl (C=O) groups is 3. The van der Waals surface area contributed by atoms with Crippen molar-refractivity contribution < 1.29 is 14.4 Å². The topological polar surface area (TPSA) is 66.5 Å². The van der Waals surface area contributed by atoms with Crippen LogP contribution in [0.1, 0.15) is 34.6 Å². The first kappa shape index (κ1) is 14.8. The standard InChI is InChI=1S/C13H12Cl2N2O3/c1-6(2)16-11(18)5-17-12(19)7-3-9(14)10(15)4-8(7)13(17)20/h3-4,6H,5H2,1-2H3,(H,16,18). The van der Waals surface area contributed by atoms with Crippen molar-refractivity contribution in [2.75, 3.05) is 6.54 Å². The summed E-state index contributed by atoms with van der Waals surface area (Å²) < 4.78 is 0. The molecule has 0 aromatic heterocycles. The van der Waals surface area contributed by atoms with E-state index in [1.807, 2.05) is 0 Å². The molecule has 1 aliphatic rings. The van der Waals surface area contributed by atoms with Crippen molar-refractivity contribution in [1.29, 1.82) is 0 Å². The highest BCUT2D eigenvalue weighted by Gasteiger charge is 2.37.